The quantitative estimate of drug-likeness (QED) is 0.731. The smallest absolute Gasteiger partial charge is 0.231 e. The molecule has 1 saturated carbocycles. The van der Waals surface area contributed by atoms with E-state index in [1.54, 1.807) is 18.2 Å². The lowest BCUT2D eigenvalue weighted by atomic mass is 9.84. The van der Waals surface area contributed by atoms with Crippen LogP contribution in [0, 0.1) is 5.41 Å². The molecule has 4 nitrogen and oxygen atoms in total. The molecule has 4 N–H and O–H groups in total. The van der Waals surface area contributed by atoms with Crippen molar-refractivity contribution in [1.82, 2.24) is 0 Å². The fourth-order valence-corrected chi connectivity index (χ4v) is 2.33. The molecule has 0 saturated heterocycles. The van der Waals surface area contributed by atoms with Crippen molar-refractivity contribution in [3.63, 3.8) is 0 Å². The normalized spacial score (nSPS) is 28.0. The molecule has 0 aliphatic heterocycles. The van der Waals surface area contributed by atoms with Crippen molar-refractivity contribution in [3.8, 4) is 5.75 Å². The molecular weight excluding hydrogens is 216 g/mol. The third-order valence-electron chi connectivity index (χ3n) is 3.65. The maximum atomic E-state index is 12.2. The number of hydrogen-bond donors (Lipinski definition) is 3. The molecule has 0 heterocycles. The molecule has 1 aliphatic rings. The maximum absolute atomic E-state index is 12.2. The monoisotopic (exact) mass is 234 g/mol. The van der Waals surface area contributed by atoms with Crippen molar-refractivity contribution in [2.24, 2.45) is 11.1 Å². The average Bonchev–Trinajstić information content (AvgIpc) is 2.60. The number of hydrogen-bond acceptors (Lipinski definition) is 3. The largest absolute Gasteiger partial charge is 0.508 e. The molecule has 1 aliphatic carbocycles. The third-order valence-corrected chi connectivity index (χ3v) is 3.65. The van der Waals surface area contributed by atoms with Gasteiger partial charge in [-0.25, -0.2) is 0 Å². The van der Waals surface area contributed by atoms with Gasteiger partial charge in [0.1, 0.15) is 5.75 Å². The van der Waals surface area contributed by atoms with E-state index in [9.17, 15) is 9.90 Å². The molecule has 2 atom stereocenters. The first-order chi connectivity index (χ1) is 8.02. The molecule has 1 amide bonds. The number of nitrogens with one attached hydrogen (secondary N) is 1. The zero-order valence-electron chi connectivity index (χ0n) is 9.94. The van der Waals surface area contributed by atoms with E-state index in [0.717, 1.165) is 19.3 Å². The van der Waals surface area contributed by atoms with Gasteiger partial charge < -0.3 is 16.2 Å². The fourth-order valence-electron chi connectivity index (χ4n) is 2.33. The zero-order chi connectivity index (χ0) is 12.5. The highest BCUT2D eigenvalue weighted by Crippen LogP contribution is 2.37. The first-order valence-electron chi connectivity index (χ1n) is 5.88. The van der Waals surface area contributed by atoms with Crippen LogP contribution in [0.3, 0.4) is 0 Å². The van der Waals surface area contributed by atoms with E-state index in [4.69, 9.17) is 5.73 Å². The SMILES string of the molecule is CC1(C(=O)Nc2cccc(O)c2)CCCC1N. The van der Waals surface area contributed by atoms with Crippen molar-refractivity contribution in [2.45, 2.75) is 32.2 Å². The third kappa shape index (κ3) is 2.26. The van der Waals surface area contributed by atoms with Crippen LogP contribution >= 0.6 is 0 Å². The molecule has 0 spiro atoms. The summed E-state index contributed by atoms with van der Waals surface area (Å²) in [5.74, 6) is 0.0803. The van der Waals surface area contributed by atoms with Gasteiger partial charge in [0.15, 0.2) is 0 Å². The maximum Gasteiger partial charge on any atom is 0.231 e. The fraction of sp³-hybridized carbons (Fsp3) is 0.462. The van der Waals surface area contributed by atoms with Gasteiger partial charge in [-0.15, -0.1) is 0 Å². The molecule has 0 radical (unpaired) electrons. The summed E-state index contributed by atoms with van der Waals surface area (Å²) in [4.78, 5) is 12.2. The number of rotatable bonds is 2. The number of aromatic hydroxyl groups is 1. The van der Waals surface area contributed by atoms with Gasteiger partial charge in [0, 0.05) is 17.8 Å². The minimum absolute atomic E-state index is 0.0619. The molecule has 92 valence electrons. The summed E-state index contributed by atoms with van der Waals surface area (Å²) >= 11 is 0. The number of carbonyl (C=O) groups excluding carboxylic acids is 1. The van der Waals surface area contributed by atoms with Gasteiger partial charge in [-0.3, -0.25) is 4.79 Å². The Labute approximate surface area is 101 Å². The number of amides is 1. The Hall–Kier alpha value is -1.55. The Morgan fingerprint density at radius 3 is 2.94 bits per heavy atom. The van der Waals surface area contributed by atoms with E-state index >= 15 is 0 Å². The Bertz CT molecular complexity index is 433. The van der Waals surface area contributed by atoms with Gasteiger partial charge in [0.25, 0.3) is 0 Å². The highest BCUT2D eigenvalue weighted by atomic mass is 16.3. The average molecular weight is 234 g/mol. The van der Waals surface area contributed by atoms with Crippen LogP contribution in [0.25, 0.3) is 0 Å². The Balaban J connectivity index is 2.12. The Morgan fingerprint density at radius 1 is 1.59 bits per heavy atom. The lowest BCUT2D eigenvalue weighted by Crippen LogP contribution is -2.44. The van der Waals surface area contributed by atoms with Crippen LogP contribution < -0.4 is 11.1 Å². The first-order valence-corrected chi connectivity index (χ1v) is 5.88. The van der Waals surface area contributed by atoms with E-state index in [1.807, 2.05) is 6.92 Å². The Kier molecular flexibility index (Phi) is 3.07. The topological polar surface area (TPSA) is 75.3 Å². The van der Waals surface area contributed by atoms with E-state index in [2.05, 4.69) is 5.32 Å². The van der Waals surface area contributed by atoms with Gasteiger partial charge in [-0.05, 0) is 31.9 Å². The number of nitrogens with two attached hydrogens (primary N) is 1. The number of phenolic OH excluding ortho intramolecular Hbond substituents is 1. The first kappa shape index (κ1) is 11.9. The summed E-state index contributed by atoms with van der Waals surface area (Å²) in [6.07, 6.45) is 2.70. The predicted octanol–water partition coefficient (Wildman–Crippen LogP) is 1.85. The van der Waals surface area contributed by atoms with Crippen molar-refractivity contribution in [3.05, 3.63) is 24.3 Å². The van der Waals surface area contributed by atoms with Crippen LogP contribution in [0.4, 0.5) is 5.69 Å². The van der Waals surface area contributed by atoms with Crippen molar-refractivity contribution < 1.29 is 9.90 Å². The van der Waals surface area contributed by atoms with E-state index in [1.165, 1.54) is 6.07 Å². The van der Waals surface area contributed by atoms with Crippen LogP contribution in [0.2, 0.25) is 0 Å². The summed E-state index contributed by atoms with van der Waals surface area (Å²) < 4.78 is 0. The summed E-state index contributed by atoms with van der Waals surface area (Å²) in [6, 6.07) is 6.46. The van der Waals surface area contributed by atoms with Crippen LogP contribution in [0.1, 0.15) is 26.2 Å². The molecule has 17 heavy (non-hydrogen) atoms. The molecule has 2 unspecified atom stereocenters. The summed E-state index contributed by atoms with van der Waals surface area (Å²) in [6.45, 7) is 1.91. The highest BCUT2D eigenvalue weighted by molar-refractivity contribution is 5.96. The lowest BCUT2D eigenvalue weighted by molar-refractivity contribution is -0.125. The molecule has 0 aromatic heterocycles. The van der Waals surface area contributed by atoms with Crippen LogP contribution in [0.15, 0.2) is 24.3 Å². The van der Waals surface area contributed by atoms with E-state index < -0.39 is 5.41 Å². The number of benzene rings is 1. The highest BCUT2D eigenvalue weighted by Gasteiger charge is 2.42. The molecule has 1 aromatic carbocycles. The van der Waals surface area contributed by atoms with Crippen molar-refractivity contribution >= 4 is 11.6 Å². The zero-order valence-corrected chi connectivity index (χ0v) is 9.94. The molecule has 1 aromatic rings. The second kappa shape index (κ2) is 4.37. The van der Waals surface area contributed by atoms with Crippen LogP contribution in [-0.4, -0.2) is 17.1 Å². The van der Waals surface area contributed by atoms with Gasteiger partial charge in [0.2, 0.25) is 5.91 Å². The lowest BCUT2D eigenvalue weighted by Gasteiger charge is -2.27. The minimum atomic E-state index is -0.495. The van der Waals surface area contributed by atoms with Crippen LogP contribution in [-0.2, 0) is 4.79 Å². The van der Waals surface area contributed by atoms with Gasteiger partial charge in [-0.1, -0.05) is 12.5 Å². The van der Waals surface area contributed by atoms with Crippen LogP contribution in [0.5, 0.6) is 5.75 Å². The second-order valence-corrected chi connectivity index (χ2v) is 4.92. The summed E-state index contributed by atoms with van der Waals surface area (Å²) in [5.41, 5.74) is 6.10. The molecule has 1 fully saturated rings. The van der Waals surface area contributed by atoms with E-state index in [-0.39, 0.29) is 17.7 Å². The number of phenols is 1. The van der Waals surface area contributed by atoms with Crippen molar-refractivity contribution in [2.75, 3.05) is 5.32 Å². The van der Waals surface area contributed by atoms with Gasteiger partial charge >= 0.3 is 0 Å². The minimum Gasteiger partial charge on any atom is -0.508 e. The summed E-state index contributed by atoms with van der Waals surface area (Å²) in [7, 11) is 0. The molecule has 2 rings (SSSR count). The molecule has 0 bridgehead atoms. The molecular formula is C13H18N2O2. The summed E-state index contributed by atoms with van der Waals surface area (Å²) in [5, 5.41) is 12.1. The number of anilines is 1. The van der Waals surface area contributed by atoms with Gasteiger partial charge in [-0.2, -0.15) is 0 Å². The Morgan fingerprint density at radius 2 is 2.35 bits per heavy atom. The van der Waals surface area contributed by atoms with Gasteiger partial charge in [0.05, 0.1) is 5.41 Å². The molecule has 4 heteroatoms. The predicted molar refractivity (Wildman–Crippen MR) is 66.7 cm³/mol. The second-order valence-electron chi connectivity index (χ2n) is 4.92. The number of carbonyl (C=O) groups is 1. The van der Waals surface area contributed by atoms with Crippen molar-refractivity contribution in [1.29, 1.82) is 0 Å². The standard InChI is InChI=1S/C13H18N2O2/c1-13(7-3-6-11(13)14)12(17)15-9-4-2-5-10(16)8-9/h2,4-5,8,11,16H,3,6-7,14H2,1H3,(H,15,17). The van der Waals surface area contributed by atoms with E-state index in [0.29, 0.717) is 5.69 Å².